The summed E-state index contributed by atoms with van der Waals surface area (Å²) in [5, 5.41) is 3.95. The first-order valence-electron chi connectivity index (χ1n) is 5.15. The van der Waals surface area contributed by atoms with Gasteiger partial charge in [0.05, 0.1) is 13.2 Å². The van der Waals surface area contributed by atoms with Gasteiger partial charge in [-0.2, -0.15) is 4.98 Å². The summed E-state index contributed by atoms with van der Waals surface area (Å²) in [6.07, 6.45) is 0. The molecule has 1 aromatic heterocycles. The maximum atomic E-state index is 13.8. The van der Waals surface area contributed by atoms with Gasteiger partial charge in [-0.05, 0) is 12.1 Å². The van der Waals surface area contributed by atoms with Crippen molar-refractivity contribution in [1.82, 2.24) is 10.1 Å². The van der Waals surface area contributed by atoms with Crippen LogP contribution in [0.2, 0.25) is 5.02 Å². The van der Waals surface area contributed by atoms with E-state index in [1.165, 1.54) is 13.2 Å². The van der Waals surface area contributed by atoms with Crippen molar-refractivity contribution < 1.29 is 13.7 Å². The van der Waals surface area contributed by atoms with Gasteiger partial charge in [0.15, 0.2) is 0 Å². The smallest absolute Gasteiger partial charge is 0.240 e. The van der Waals surface area contributed by atoms with E-state index in [2.05, 4.69) is 10.1 Å². The summed E-state index contributed by atoms with van der Waals surface area (Å²) >= 11 is 5.97. The average molecular weight is 272 g/mol. The van der Waals surface area contributed by atoms with Crippen LogP contribution in [0.3, 0.4) is 0 Å². The molecule has 18 heavy (non-hydrogen) atoms. The number of halogens is 2. The van der Waals surface area contributed by atoms with Crippen LogP contribution >= 0.6 is 11.6 Å². The lowest BCUT2D eigenvalue weighted by molar-refractivity contribution is 0.181. The van der Waals surface area contributed by atoms with Crippen molar-refractivity contribution in [2.45, 2.75) is 13.2 Å². The molecule has 0 spiro atoms. The molecule has 96 valence electrons. The Morgan fingerprint density at radius 1 is 1.50 bits per heavy atom. The SMILES string of the molecule is COCc1c(F)cc(-c2noc(CN)n2)cc1Cl. The molecule has 0 aliphatic carbocycles. The summed E-state index contributed by atoms with van der Waals surface area (Å²) in [5.74, 6) is 0.0566. The van der Waals surface area contributed by atoms with E-state index in [0.717, 1.165) is 0 Å². The Hall–Kier alpha value is -1.50. The highest BCUT2D eigenvalue weighted by atomic mass is 35.5. The Bertz CT molecular complexity index is 536. The van der Waals surface area contributed by atoms with Gasteiger partial charge >= 0.3 is 0 Å². The molecule has 0 unspecified atom stereocenters. The van der Waals surface area contributed by atoms with Crippen molar-refractivity contribution in [2.24, 2.45) is 5.73 Å². The highest BCUT2D eigenvalue weighted by Crippen LogP contribution is 2.27. The summed E-state index contributed by atoms with van der Waals surface area (Å²) in [5.41, 5.74) is 6.08. The van der Waals surface area contributed by atoms with E-state index >= 15 is 0 Å². The van der Waals surface area contributed by atoms with Gasteiger partial charge in [0.2, 0.25) is 11.7 Å². The van der Waals surface area contributed by atoms with Crippen LogP contribution in [-0.2, 0) is 17.9 Å². The minimum Gasteiger partial charge on any atom is -0.380 e. The van der Waals surface area contributed by atoms with E-state index in [4.69, 9.17) is 26.6 Å². The summed E-state index contributed by atoms with van der Waals surface area (Å²) in [6, 6.07) is 2.84. The monoisotopic (exact) mass is 271 g/mol. The predicted molar refractivity (Wildman–Crippen MR) is 63.3 cm³/mol. The van der Waals surface area contributed by atoms with Gasteiger partial charge in [0.25, 0.3) is 0 Å². The maximum absolute atomic E-state index is 13.8. The molecule has 0 aliphatic rings. The van der Waals surface area contributed by atoms with Crippen molar-refractivity contribution in [3.8, 4) is 11.4 Å². The van der Waals surface area contributed by atoms with E-state index in [1.54, 1.807) is 6.07 Å². The minimum absolute atomic E-state index is 0.102. The standard InChI is InChI=1S/C11H11ClFN3O2/c1-17-5-7-8(12)2-6(3-9(7)13)11-15-10(4-14)18-16-11/h2-3H,4-5,14H2,1H3. The van der Waals surface area contributed by atoms with Crippen LogP contribution in [0, 0.1) is 5.82 Å². The molecule has 1 heterocycles. The van der Waals surface area contributed by atoms with Gasteiger partial charge in [0.1, 0.15) is 5.82 Å². The van der Waals surface area contributed by atoms with Crippen molar-refractivity contribution in [3.05, 3.63) is 34.4 Å². The summed E-state index contributed by atoms with van der Waals surface area (Å²) in [4.78, 5) is 4.00. The number of nitrogens with two attached hydrogens (primary N) is 1. The van der Waals surface area contributed by atoms with E-state index in [1.807, 2.05) is 0 Å². The van der Waals surface area contributed by atoms with Crippen molar-refractivity contribution >= 4 is 11.6 Å². The molecule has 2 aromatic rings. The zero-order chi connectivity index (χ0) is 13.1. The first-order chi connectivity index (χ1) is 8.65. The first-order valence-corrected chi connectivity index (χ1v) is 5.53. The second-order valence-electron chi connectivity index (χ2n) is 3.57. The van der Waals surface area contributed by atoms with Crippen molar-refractivity contribution in [3.63, 3.8) is 0 Å². The lowest BCUT2D eigenvalue weighted by Crippen LogP contribution is -1.97. The van der Waals surface area contributed by atoms with Crippen molar-refractivity contribution in [1.29, 1.82) is 0 Å². The number of hydrogen-bond acceptors (Lipinski definition) is 5. The molecule has 0 saturated heterocycles. The van der Waals surface area contributed by atoms with Crippen LogP contribution in [0.4, 0.5) is 4.39 Å². The van der Waals surface area contributed by atoms with E-state index in [0.29, 0.717) is 11.1 Å². The molecular formula is C11H11ClFN3O2. The van der Waals surface area contributed by atoms with Gasteiger partial charge in [-0.1, -0.05) is 16.8 Å². The molecule has 0 amide bonds. The highest BCUT2D eigenvalue weighted by molar-refractivity contribution is 6.31. The third-order valence-corrected chi connectivity index (χ3v) is 2.67. The van der Waals surface area contributed by atoms with Crippen LogP contribution in [0.1, 0.15) is 11.5 Å². The lowest BCUT2D eigenvalue weighted by Gasteiger charge is -2.06. The van der Waals surface area contributed by atoms with Crippen molar-refractivity contribution in [2.75, 3.05) is 7.11 Å². The van der Waals surface area contributed by atoms with Crippen LogP contribution in [0.5, 0.6) is 0 Å². The highest BCUT2D eigenvalue weighted by Gasteiger charge is 2.14. The molecule has 2 rings (SSSR count). The van der Waals surface area contributed by atoms with Crippen LogP contribution in [0.15, 0.2) is 16.7 Å². The van der Waals surface area contributed by atoms with Crippen LogP contribution in [-0.4, -0.2) is 17.3 Å². The number of nitrogens with zero attached hydrogens (tertiary/aromatic N) is 2. The minimum atomic E-state index is -0.474. The zero-order valence-corrected chi connectivity index (χ0v) is 10.4. The molecule has 0 radical (unpaired) electrons. The number of ether oxygens (including phenoxy) is 1. The Morgan fingerprint density at radius 3 is 2.83 bits per heavy atom. The summed E-state index contributed by atoms with van der Waals surface area (Å²) in [6.45, 7) is 0.232. The van der Waals surface area contributed by atoms with Gasteiger partial charge in [-0.3, -0.25) is 0 Å². The first kappa shape index (κ1) is 12.9. The van der Waals surface area contributed by atoms with E-state index in [-0.39, 0.29) is 29.9 Å². The van der Waals surface area contributed by atoms with Gasteiger partial charge in [0, 0.05) is 23.3 Å². The Kier molecular flexibility index (Phi) is 3.90. The zero-order valence-electron chi connectivity index (χ0n) is 9.61. The molecule has 5 nitrogen and oxygen atoms in total. The molecule has 0 atom stereocenters. The number of rotatable bonds is 4. The number of methoxy groups -OCH3 is 1. The largest absolute Gasteiger partial charge is 0.380 e. The fourth-order valence-electron chi connectivity index (χ4n) is 1.47. The maximum Gasteiger partial charge on any atom is 0.240 e. The van der Waals surface area contributed by atoms with Gasteiger partial charge in [-0.15, -0.1) is 0 Å². The van der Waals surface area contributed by atoms with Crippen LogP contribution in [0.25, 0.3) is 11.4 Å². The molecule has 0 fully saturated rings. The topological polar surface area (TPSA) is 74.2 Å². The number of benzene rings is 1. The molecule has 0 saturated carbocycles. The van der Waals surface area contributed by atoms with Gasteiger partial charge < -0.3 is 15.0 Å². The lowest BCUT2D eigenvalue weighted by atomic mass is 10.1. The average Bonchev–Trinajstić information content (AvgIpc) is 2.82. The third-order valence-electron chi connectivity index (χ3n) is 2.33. The third kappa shape index (κ3) is 2.50. The quantitative estimate of drug-likeness (QED) is 0.922. The Morgan fingerprint density at radius 2 is 2.28 bits per heavy atom. The fraction of sp³-hybridized carbons (Fsp3) is 0.273. The molecule has 0 bridgehead atoms. The summed E-state index contributed by atoms with van der Waals surface area (Å²) in [7, 11) is 1.47. The molecular weight excluding hydrogens is 261 g/mol. The van der Waals surface area contributed by atoms with Gasteiger partial charge in [-0.25, -0.2) is 4.39 Å². The normalized spacial score (nSPS) is 10.9. The second-order valence-corrected chi connectivity index (χ2v) is 3.97. The molecule has 0 aliphatic heterocycles. The molecule has 7 heteroatoms. The second kappa shape index (κ2) is 5.43. The summed E-state index contributed by atoms with van der Waals surface area (Å²) < 4.78 is 23.5. The molecule has 2 N–H and O–H groups in total. The van der Waals surface area contributed by atoms with E-state index < -0.39 is 5.82 Å². The van der Waals surface area contributed by atoms with Crippen LogP contribution < -0.4 is 5.73 Å². The number of hydrogen-bond donors (Lipinski definition) is 1. The fourth-order valence-corrected chi connectivity index (χ4v) is 1.73. The Balaban J connectivity index is 2.40. The predicted octanol–water partition coefficient (Wildman–Crippen LogP) is 2.13. The van der Waals surface area contributed by atoms with E-state index in [9.17, 15) is 4.39 Å². The molecule has 1 aromatic carbocycles. The number of aromatic nitrogens is 2. The Labute approximate surface area is 108 Å².